The average Bonchev–Trinajstić information content (AvgIpc) is 2.77. The first-order valence-corrected chi connectivity index (χ1v) is 9.14. The number of fused-ring (bicyclic) bond motifs is 1. The fourth-order valence-corrected chi connectivity index (χ4v) is 3.02. The van der Waals surface area contributed by atoms with Gasteiger partial charge >= 0.3 is 0 Å². The molecule has 1 amide bonds. The quantitative estimate of drug-likeness (QED) is 0.425. The highest BCUT2D eigenvalue weighted by Crippen LogP contribution is 2.14. The van der Waals surface area contributed by atoms with Gasteiger partial charge in [-0.2, -0.15) is 10.2 Å². The molecule has 0 saturated carbocycles. The molecule has 0 aliphatic rings. The van der Waals surface area contributed by atoms with Crippen molar-refractivity contribution in [3.8, 4) is 0 Å². The highest BCUT2D eigenvalue weighted by Gasteiger charge is 2.16. The summed E-state index contributed by atoms with van der Waals surface area (Å²) in [5, 5.41) is 9.28. The van der Waals surface area contributed by atoms with Gasteiger partial charge in [-0.1, -0.05) is 78.9 Å². The first-order valence-electron chi connectivity index (χ1n) is 9.14. The highest BCUT2D eigenvalue weighted by atomic mass is 16.2. The Morgan fingerprint density at radius 2 is 1.52 bits per heavy atom. The predicted octanol–water partition coefficient (Wildman–Crippen LogP) is 3.21. The van der Waals surface area contributed by atoms with Crippen molar-refractivity contribution in [1.82, 2.24) is 15.2 Å². The van der Waals surface area contributed by atoms with E-state index in [0.29, 0.717) is 10.8 Å². The summed E-state index contributed by atoms with van der Waals surface area (Å²) in [6.07, 6.45) is 1.56. The van der Waals surface area contributed by atoms with E-state index in [-0.39, 0.29) is 17.8 Å². The molecule has 4 rings (SSSR count). The maximum Gasteiger partial charge on any atom is 0.292 e. The molecule has 0 saturated heterocycles. The summed E-state index contributed by atoms with van der Waals surface area (Å²) in [7, 11) is 0. The number of carbonyl (C=O) groups is 1. The molecule has 0 atom stereocenters. The first kappa shape index (κ1) is 18.3. The zero-order chi connectivity index (χ0) is 20.1. The fraction of sp³-hybridized carbons (Fsp3) is 0.0435. The van der Waals surface area contributed by atoms with Crippen LogP contribution in [0.25, 0.3) is 10.8 Å². The Morgan fingerprint density at radius 1 is 0.897 bits per heavy atom. The Bertz CT molecular complexity index is 1230. The van der Waals surface area contributed by atoms with Gasteiger partial charge in [-0.3, -0.25) is 9.59 Å². The number of nitrogens with one attached hydrogen (secondary N) is 1. The minimum absolute atomic E-state index is 0.154. The van der Waals surface area contributed by atoms with Crippen molar-refractivity contribution in [2.24, 2.45) is 5.10 Å². The van der Waals surface area contributed by atoms with Crippen LogP contribution in [-0.4, -0.2) is 21.9 Å². The van der Waals surface area contributed by atoms with Crippen molar-refractivity contribution in [3.63, 3.8) is 0 Å². The fourth-order valence-electron chi connectivity index (χ4n) is 3.02. The van der Waals surface area contributed by atoms with Crippen molar-refractivity contribution in [3.05, 3.63) is 112 Å². The molecule has 0 radical (unpaired) electrons. The van der Waals surface area contributed by atoms with Crippen molar-refractivity contribution < 1.29 is 4.79 Å². The lowest BCUT2D eigenvalue weighted by atomic mass is 10.1. The summed E-state index contributed by atoms with van der Waals surface area (Å²) >= 11 is 0. The van der Waals surface area contributed by atoms with Gasteiger partial charge in [0.1, 0.15) is 0 Å². The van der Waals surface area contributed by atoms with Gasteiger partial charge in [-0.15, -0.1) is 0 Å². The molecular weight excluding hydrogens is 364 g/mol. The molecule has 0 unspecified atom stereocenters. The second-order valence-electron chi connectivity index (χ2n) is 6.45. The van der Waals surface area contributed by atoms with Gasteiger partial charge in [0.25, 0.3) is 11.5 Å². The zero-order valence-electron chi connectivity index (χ0n) is 15.5. The maximum atomic E-state index is 12.8. The first-order chi connectivity index (χ1) is 14.2. The Hall–Kier alpha value is -4.06. The van der Waals surface area contributed by atoms with E-state index >= 15 is 0 Å². The highest BCUT2D eigenvalue weighted by molar-refractivity contribution is 6.04. The summed E-state index contributed by atoms with van der Waals surface area (Å²) in [4.78, 5) is 25.6. The summed E-state index contributed by atoms with van der Waals surface area (Å²) in [6.45, 7) is 0.276. The van der Waals surface area contributed by atoms with E-state index in [1.807, 2.05) is 60.7 Å². The molecule has 4 aromatic rings. The van der Waals surface area contributed by atoms with E-state index in [9.17, 15) is 9.59 Å². The summed E-state index contributed by atoms with van der Waals surface area (Å²) < 4.78 is 1.31. The second kappa shape index (κ2) is 8.31. The number of hydrogen-bond acceptors (Lipinski definition) is 4. The molecule has 0 fully saturated rings. The molecule has 29 heavy (non-hydrogen) atoms. The molecule has 0 aliphatic heterocycles. The summed E-state index contributed by atoms with van der Waals surface area (Å²) in [5.41, 5.74) is 4.20. The molecular formula is C23H18N4O2. The van der Waals surface area contributed by atoms with E-state index in [4.69, 9.17) is 0 Å². The third kappa shape index (κ3) is 4.11. The van der Waals surface area contributed by atoms with Crippen LogP contribution < -0.4 is 11.0 Å². The van der Waals surface area contributed by atoms with Gasteiger partial charge in [-0.05, 0) is 17.2 Å². The molecule has 6 heteroatoms. The maximum absolute atomic E-state index is 12.8. The van der Waals surface area contributed by atoms with Gasteiger partial charge in [0.2, 0.25) is 0 Å². The molecule has 1 N–H and O–H groups in total. The number of aromatic nitrogens is 2. The molecule has 0 spiro atoms. The minimum atomic E-state index is -0.477. The Balaban J connectivity index is 1.69. The monoisotopic (exact) mass is 382 g/mol. The SMILES string of the molecule is O=C(NN=Cc1ccccc1)c1nn(Cc2ccccc2)c(=O)c2ccccc12. The van der Waals surface area contributed by atoms with Crippen LogP contribution in [0.4, 0.5) is 0 Å². The third-order valence-electron chi connectivity index (χ3n) is 4.44. The van der Waals surface area contributed by atoms with Crippen molar-refractivity contribution >= 4 is 22.9 Å². The molecule has 1 aromatic heterocycles. The molecule has 1 heterocycles. The lowest BCUT2D eigenvalue weighted by Gasteiger charge is -2.10. The lowest BCUT2D eigenvalue weighted by molar-refractivity contribution is 0.0949. The van der Waals surface area contributed by atoms with Crippen LogP contribution in [0.15, 0.2) is 94.8 Å². The number of carbonyl (C=O) groups excluding carboxylic acids is 1. The van der Waals surface area contributed by atoms with Gasteiger partial charge in [0, 0.05) is 5.39 Å². The van der Waals surface area contributed by atoms with E-state index in [0.717, 1.165) is 11.1 Å². The van der Waals surface area contributed by atoms with Crippen molar-refractivity contribution in [2.45, 2.75) is 6.54 Å². The Morgan fingerprint density at radius 3 is 2.24 bits per heavy atom. The Labute approximate surface area is 167 Å². The van der Waals surface area contributed by atoms with Gasteiger partial charge in [0.05, 0.1) is 18.1 Å². The van der Waals surface area contributed by atoms with Crippen LogP contribution in [-0.2, 0) is 6.54 Å². The average molecular weight is 382 g/mol. The van der Waals surface area contributed by atoms with Gasteiger partial charge in [-0.25, -0.2) is 10.1 Å². The molecule has 6 nitrogen and oxygen atoms in total. The van der Waals surface area contributed by atoms with Crippen LogP contribution in [0.1, 0.15) is 21.6 Å². The van der Waals surface area contributed by atoms with Gasteiger partial charge < -0.3 is 0 Å². The molecule has 0 bridgehead atoms. The van der Waals surface area contributed by atoms with Crippen LogP contribution in [0.3, 0.4) is 0 Å². The minimum Gasteiger partial charge on any atom is -0.267 e. The van der Waals surface area contributed by atoms with E-state index < -0.39 is 5.91 Å². The number of nitrogens with zero attached hydrogens (tertiary/aromatic N) is 3. The number of rotatable bonds is 5. The number of amides is 1. The van der Waals surface area contributed by atoms with E-state index in [2.05, 4.69) is 15.6 Å². The largest absolute Gasteiger partial charge is 0.292 e. The third-order valence-corrected chi connectivity index (χ3v) is 4.44. The topological polar surface area (TPSA) is 76.3 Å². The number of hydrazone groups is 1. The van der Waals surface area contributed by atoms with Crippen LogP contribution >= 0.6 is 0 Å². The zero-order valence-corrected chi connectivity index (χ0v) is 15.5. The van der Waals surface area contributed by atoms with Crippen LogP contribution in [0, 0.1) is 0 Å². The summed E-state index contributed by atoms with van der Waals surface area (Å²) in [5.74, 6) is -0.477. The summed E-state index contributed by atoms with van der Waals surface area (Å²) in [6, 6.07) is 25.9. The smallest absolute Gasteiger partial charge is 0.267 e. The molecule has 3 aromatic carbocycles. The number of benzene rings is 3. The van der Waals surface area contributed by atoms with Crippen molar-refractivity contribution in [1.29, 1.82) is 0 Å². The van der Waals surface area contributed by atoms with E-state index in [1.165, 1.54) is 4.68 Å². The predicted molar refractivity (Wildman–Crippen MR) is 113 cm³/mol. The molecule has 0 aliphatic carbocycles. The molecule has 142 valence electrons. The lowest BCUT2D eigenvalue weighted by Crippen LogP contribution is -2.29. The van der Waals surface area contributed by atoms with Crippen LogP contribution in [0.2, 0.25) is 0 Å². The van der Waals surface area contributed by atoms with Crippen molar-refractivity contribution in [2.75, 3.05) is 0 Å². The van der Waals surface area contributed by atoms with Gasteiger partial charge in [0.15, 0.2) is 5.69 Å². The normalized spacial score (nSPS) is 11.0. The second-order valence-corrected chi connectivity index (χ2v) is 6.45. The number of hydrogen-bond donors (Lipinski definition) is 1. The standard InChI is InChI=1S/C23H18N4O2/c28-22(25-24-15-17-9-3-1-4-10-17)21-19-13-7-8-14-20(19)23(29)27(26-21)16-18-11-5-2-6-12-18/h1-15H,16H2,(H,25,28). The Kier molecular flexibility index (Phi) is 5.25. The van der Waals surface area contributed by atoms with E-state index in [1.54, 1.807) is 30.5 Å². The van der Waals surface area contributed by atoms with Crippen LogP contribution in [0.5, 0.6) is 0 Å².